The van der Waals surface area contributed by atoms with Crippen molar-refractivity contribution in [3.8, 4) is 0 Å². The van der Waals surface area contributed by atoms with Gasteiger partial charge in [0.1, 0.15) is 0 Å². The number of ether oxygens (including phenoxy) is 1. The Hall–Kier alpha value is -0.240. The molecule has 0 spiro atoms. The van der Waals surface area contributed by atoms with E-state index in [4.69, 9.17) is 4.74 Å². The summed E-state index contributed by atoms with van der Waals surface area (Å²) in [7, 11) is 11.7. The lowest BCUT2D eigenvalue weighted by atomic mass is 10.1. The van der Waals surface area contributed by atoms with Crippen LogP contribution in [0.3, 0.4) is 0 Å². The quantitative estimate of drug-likeness (QED) is 0.528. The Balaban J connectivity index is 0.000000288. The Morgan fingerprint density at radius 1 is 0.696 bits per heavy atom. The normalized spacial score (nSPS) is 22.0. The molecule has 3 saturated heterocycles. The Morgan fingerprint density at radius 2 is 1.04 bits per heavy atom. The van der Waals surface area contributed by atoms with E-state index >= 15 is 0 Å². The molecule has 0 unspecified atom stereocenters. The summed E-state index contributed by atoms with van der Waals surface area (Å²) >= 11 is 0. The number of hydroxylamine groups is 2. The predicted molar refractivity (Wildman–Crippen MR) is 97.9 cm³/mol. The zero-order chi connectivity index (χ0) is 17.5. The second-order valence-corrected chi connectivity index (χ2v) is 6.58. The molecule has 0 N–H and O–H groups in total. The van der Waals surface area contributed by atoms with E-state index in [1.807, 2.05) is 14.1 Å². The molecule has 3 aliphatic heterocycles. The third-order valence-electron chi connectivity index (χ3n) is 3.85. The summed E-state index contributed by atoms with van der Waals surface area (Å²) in [5.74, 6) is 0. The number of morpholine rings is 1. The van der Waals surface area contributed by atoms with Gasteiger partial charge in [-0.25, -0.2) is 0 Å². The van der Waals surface area contributed by atoms with Crippen LogP contribution >= 0.6 is 0 Å². The van der Waals surface area contributed by atoms with Crippen molar-refractivity contribution in [2.45, 2.75) is 19.3 Å². The molecule has 0 radical (unpaired) electrons. The van der Waals surface area contributed by atoms with E-state index in [0.717, 1.165) is 26.3 Å². The van der Waals surface area contributed by atoms with Crippen molar-refractivity contribution in [3.05, 3.63) is 0 Å². The largest absolute Gasteiger partial charge is 0.379 e. The van der Waals surface area contributed by atoms with Gasteiger partial charge in [0.2, 0.25) is 0 Å². The molecule has 0 saturated carbocycles. The highest BCUT2D eigenvalue weighted by atomic mass is 16.7. The highest BCUT2D eigenvalue weighted by Gasteiger charge is 2.07. The summed E-state index contributed by atoms with van der Waals surface area (Å²) in [6, 6.07) is 0. The molecular weight excluding hydrogens is 292 g/mol. The molecule has 3 rings (SSSR count). The number of hydrogen-bond acceptors (Lipinski definition) is 6. The first-order chi connectivity index (χ1) is 11.0. The van der Waals surface area contributed by atoms with Gasteiger partial charge in [-0.15, -0.1) is 0 Å². The highest BCUT2D eigenvalue weighted by molar-refractivity contribution is 4.64. The number of rotatable bonds is 1. The Labute approximate surface area is 144 Å². The number of piperidine rings is 1. The minimum Gasteiger partial charge on any atom is -0.379 e. The van der Waals surface area contributed by atoms with Crippen molar-refractivity contribution >= 4 is 0 Å². The van der Waals surface area contributed by atoms with Crippen LogP contribution in [0.25, 0.3) is 0 Å². The summed E-state index contributed by atoms with van der Waals surface area (Å²) in [6.45, 7) is 9.30. The van der Waals surface area contributed by atoms with Gasteiger partial charge in [0.05, 0.1) is 20.3 Å². The molecule has 23 heavy (non-hydrogen) atoms. The van der Waals surface area contributed by atoms with Gasteiger partial charge in [0.25, 0.3) is 0 Å². The van der Waals surface area contributed by atoms with Crippen LogP contribution in [0.4, 0.5) is 0 Å². The van der Waals surface area contributed by atoms with Crippen molar-refractivity contribution in [3.63, 3.8) is 0 Å². The zero-order valence-corrected chi connectivity index (χ0v) is 16.4. The van der Waals surface area contributed by atoms with Crippen LogP contribution in [0.2, 0.25) is 0 Å². The lowest BCUT2D eigenvalue weighted by Gasteiger charge is -2.21. The number of hydrogen-bond donors (Lipinski definition) is 0. The molecule has 0 amide bonds. The molecule has 6 heteroatoms. The van der Waals surface area contributed by atoms with Crippen LogP contribution in [0, 0.1) is 0 Å². The van der Waals surface area contributed by atoms with Crippen LogP contribution in [-0.2, 0) is 9.57 Å². The maximum absolute atomic E-state index is 5.10. The monoisotopic (exact) mass is 332 g/mol. The fourth-order valence-corrected chi connectivity index (χ4v) is 1.81. The molecule has 6 nitrogen and oxygen atoms in total. The third kappa shape index (κ3) is 19.7. The van der Waals surface area contributed by atoms with Crippen LogP contribution in [-0.4, -0.2) is 115 Å². The third-order valence-corrected chi connectivity index (χ3v) is 3.85. The van der Waals surface area contributed by atoms with E-state index in [0.29, 0.717) is 0 Å². The molecule has 0 bridgehead atoms. The zero-order valence-electron chi connectivity index (χ0n) is 16.4. The van der Waals surface area contributed by atoms with E-state index in [1.165, 1.54) is 45.4 Å². The number of likely N-dealkylation sites (tertiary alicyclic amines) is 1. The van der Waals surface area contributed by atoms with Crippen molar-refractivity contribution < 1.29 is 9.57 Å². The van der Waals surface area contributed by atoms with Gasteiger partial charge in [0.15, 0.2) is 0 Å². The summed E-state index contributed by atoms with van der Waals surface area (Å²) in [6.07, 6.45) is 4.28. The van der Waals surface area contributed by atoms with Gasteiger partial charge in [-0.3, -0.25) is 0 Å². The fourth-order valence-electron chi connectivity index (χ4n) is 1.81. The van der Waals surface area contributed by atoms with Crippen molar-refractivity contribution in [1.82, 2.24) is 19.8 Å². The Morgan fingerprint density at radius 3 is 1.22 bits per heavy atom. The standard InChI is InChI=1S/C6H13N.C5H11NO.C3H9NO.C3H7N/c1-7-5-3-2-4-6-7;1-6-2-4-7-5-3-6;1-4(2)5-3;1-4-2-3-4/h2-6H2,1H3;2-5H2,1H3;1-3H3;2-3H2,1H3. The Bertz CT molecular complexity index is 223. The average Bonchev–Trinajstić information content (AvgIpc) is 3.33. The summed E-state index contributed by atoms with van der Waals surface area (Å²) < 4.78 is 5.10. The number of nitrogens with zero attached hydrogens (tertiary/aromatic N) is 4. The van der Waals surface area contributed by atoms with Gasteiger partial charge in [-0.1, -0.05) is 6.42 Å². The maximum atomic E-state index is 5.10. The minimum absolute atomic E-state index is 0.913. The van der Waals surface area contributed by atoms with Crippen LogP contribution < -0.4 is 0 Å². The van der Waals surface area contributed by atoms with Crippen molar-refractivity contribution in [1.29, 1.82) is 0 Å². The molecule has 140 valence electrons. The molecule has 3 heterocycles. The van der Waals surface area contributed by atoms with E-state index in [1.54, 1.807) is 12.2 Å². The average molecular weight is 333 g/mol. The first kappa shape index (κ1) is 22.8. The van der Waals surface area contributed by atoms with E-state index in [2.05, 4.69) is 40.7 Å². The van der Waals surface area contributed by atoms with Gasteiger partial charge >= 0.3 is 0 Å². The van der Waals surface area contributed by atoms with Crippen molar-refractivity contribution in [2.24, 2.45) is 0 Å². The van der Waals surface area contributed by atoms with Crippen LogP contribution in [0.15, 0.2) is 0 Å². The van der Waals surface area contributed by atoms with Crippen LogP contribution in [0.5, 0.6) is 0 Å². The summed E-state index contributed by atoms with van der Waals surface area (Å²) in [4.78, 5) is 11.5. The van der Waals surface area contributed by atoms with Gasteiger partial charge in [-0.05, 0) is 47.1 Å². The Kier molecular flexibility index (Phi) is 15.1. The lowest BCUT2D eigenvalue weighted by Crippen LogP contribution is -2.32. The first-order valence-electron chi connectivity index (χ1n) is 8.80. The van der Waals surface area contributed by atoms with Crippen LogP contribution in [0.1, 0.15) is 19.3 Å². The predicted octanol–water partition coefficient (Wildman–Crippen LogP) is 1.09. The lowest BCUT2D eigenvalue weighted by molar-refractivity contribution is -0.0855. The SMILES string of the molecule is CN1CC1.CN1CCCCC1.CN1CCOCC1.CON(C)C. The molecule has 0 aromatic heterocycles. The molecule has 0 aromatic rings. The van der Waals surface area contributed by atoms with E-state index in [9.17, 15) is 0 Å². The fraction of sp³-hybridized carbons (Fsp3) is 1.00. The molecular formula is C17H40N4O2. The summed E-state index contributed by atoms with van der Waals surface area (Å²) in [5.41, 5.74) is 0. The minimum atomic E-state index is 0.913. The van der Waals surface area contributed by atoms with E-state index < -0.39 is 0 Å². The maximum Gasteiger partial charge on any atom is 0.0594 e. The highest BCUT2D eigenvalue weighted by Crippen LogP contribution is 2.04. The topological polar surface area (TPSA) is 31.2 Å². The molecule has 0 atom stereocenters. The second kappa shape index (κ2) is 15.3. The molecule has 0 aliphatic carbocycles. The van der Waals surface area contributed by atoms with Crippen molar-refractivity contribution in [2.75, 3.05) is 94.8 Å². The molecule has 3 fully saturated rings. The number of likely N-dealkylation sites (N-methyl/N-ethyl adjacent to an activating group) is 2. The van der Waals surface area contributed by atoms with Gasteiger partial charge in [-0.2, -0.15) is 5.06 Å². The van der Waals surface area contributed by atoms with Gasteiger partial charge < -0.3 is 24.3 Å². The molecule has 3 aliphatic rings. The second-order valence-electron chi connectivity index (χ2n) is 6.58. The van der Waals surface area contributed by atoms with E-state index in [-0.39, 0.29) is 0 Å². The first-order valence-corrected chi connectivity index (χ1v) is 8.80. The smallest absolute Gasteiger partial charge is 0.0594 e. The van der Waals surface area contributed by atoms with Gasteiger partial charge in [0, 0.05) is 40.3 Å². The molecule has 0 aromatic carbocycles. The summed E-state index contributed by atoms with van der Waals surface area (Å²) in [5, 5.41) is 1.62.